The van der Waals surface area contributed by atoms with Gasteiger partial charge in [0.05, 0.1) is 6.04 Å². The number of aliphatic hydroxyl groups is 1. The molecule has 0 saturated carbocycles. The zero-order valence-corrected chi connectivity index (χ0v) is 17.5. The Bertz CT molecular complexity index is 1060. The molecule has 1 N–H and O–H groups in total. The molecule has 2 nitrogen and oxygen atoms in total. The lowest BCUT2D eigenvalue weighted by atomic mass is 9.90. The number of alkyl halides is 6. The van der Waals surface area contributed by atoms with E-state index in [9.17, 15) is 31.4 Å². The van der Waals surface area contributed by atoms with Crippen LogP contribution in [-0.2, 0) is 12.0 Å². The second-order valence-electron chi connectivity index (χ2n) is 8.23. The van der Waals surface area contributed by atoms with Crippen molar-refractivity contribution in [3.8, 4) is 0 Å². The largest absolute Gasteiger partial charge is 0.430 e. The molecular weight excluding hydrogens is 444 g/mol. The fourth-order valence-electron chi connectivity index (χ4n) is 4.55. The van der Waals surface area contributed by atoms with Crippen LogP contribution in [0.15, 0.2) is 78.9 Å². The smallest absolute Gasteiger partial charge is 0.369 e. The minimum atomic E-state index is -5.92. The molecule has 8 heteroatoms. The minimum Gasteiger partial charge on any atom is -0.369 e. The number of halogens is 6. The van der Waals surface area contributed by atoms with E-state index >= 15 is 0 Å². The fourth-order valence-corrected chi connectivity index (χ4v) is 4.55. The SMILES string of the molecule is CC1Cc2cc(C(O)(C(F)(F)F)C(F)(F)F)ccc2N1C(c1ccccc1)c1ccccc1. The van der Waals surface area contributed by atoms with Gasteiger partial charge in [0.15, 0.2) is 0 Å². The first-order valence-corrected chi connectivity index (χ1v) is 10.3. The van der Waals surface area contributed by atoms with E-state index in [0.717, 1.165) is 23.3 Å². The summed E-state index contributed by atoms with van der Waals surface area (Å²) >= 11 is 0. The summed E-state index contributed by atoms with van der Waals surface area (Å²) in [7, 11) is 0. The third-order valence-electron chi connectivity index (χ3n) is 6.09. The standard InChI is InChI=1S/C25H21F6NO/c1-16-14-19-15-20(23(33,24(26,27)28)25(29,30)31)12-13-21(19)32(16)22(17-8-4-2-5-9-17)18-10-6-3-7-11-18/h2-13,15-16,22,33H,14H2,1H3. The zero-order valence-electron chi connectivity index (χ0n) is 17.5. The summed E-state index contributed by atoms with van der Waals surface area (Å²) in [6.45, 7) is 1.87. The van der Waals surface area contributed by atoms with E-state index in [1.165, 1.54) is 6.07 Å². The van der Waals surface area contributed by atoms with E-state index < -0.39 is 23.5 Å². The van der Waals surface area contributed by atoms with E-state index in [2.05, 4.69) is 0 Å². The van der Waals surface area contributed by atoms with Crippen LogP contribution in [0, 0.1) is 0 Å². The van der Waals surface area contributed by atoms with Crippen molar-refractivity contribution in [1.29, 1.82) is 0 Å². The molecule has 33 heavy (non-hydrogen) atoms. The number of fused-ring (bicyclic) bond motifs is 1. The summed E-state index contributed by atoms with van der Waals surface area (Å²) in [5, 5.41) is 9.82. The molecule has 1 aliphatic rings. The van der Waals surface area contributed by atoms with Crippen LogP contribution in [0.25, 0.3) is 0 Å². The van der Waals surface area contributed by atoms with Crippen LogP contribution in [0.4, 0.5) is 32.0 Å². The number of nitrogens with zero attached hydrogens (tertiary/aromatic N) is 1. The Morgan fingerprint density at radius 3 is 1.73 bits per heavy atom. The van der Waals surface area contributed by atoms with Crippen molar-refractivity contribution in [2.24, 2.45) is 0 Å². The van der Waals surface area contributed by atoms with Gasteiger partial charge in [-0.3, -0.25) is 0 Å². The number of benzene rings is 3. The van der Waals surface area contributed by atoms with Crippen LogP contribution in [-0.4, -0.2) is 23.5 Å². The van der Waals surface area contributed by atoms with Crippen LogP contribution < -0.4 is 4.90 Å². The quantitative estimate of drug-likeness (QED) is 0.443. The average molecular weight is 465 g/mol. The van der Waals surface area contributed by atoms with Crippen molar-refractivity contribution in [3.63, 3.8) is 0 Å². The molecule has 0 amide bonds. The number of rotatable bonds is 4. The molecule has 1 atom stereocenters. The summed E-state index contributed by atoms with van der Waals surface area (Å²) in [5.74, 6) is 0. The van der Waals surface area contributed by atoms with Gasteiger partial charge < -0.3 is 10.0 Å². The van der Waals surface area contributed by atoms with Crippen molar-refractivity contribution in [2.45, 2.75) is 43.4 Å². The van der Waals surface area contributed by atoms with Gasteiger partial charge in [-0.05, 0) is 36.1 Å². The van der Waals surface area contributed by atoms with Gasteiger partial charge in [-0.15, -0.1) is 0 Å². The monoisotopic (exact) mass is 465 g/mol. The summed E-state index contributed by atoms with van der Waals surface area (Å²) in [4.78, 5) is 2.00. The predicted octanol–water partition coefficient (Wildman–Crippen LogP) is 6.54. The number of hydrogen-bond acceptors (Lipinski definition) is 2. The topological polar surface area (TPSA) is 23.5 Å². The molecule has 0 fully saturated rings. The molecular formula is C25H21F6NO. The molecule has 0 bridgehead atoms. The number of anilines is 1. The third-order valence-corrected chi connectivity index (χ3v) is 6.09. The lowest BCUT2D eigenvalue weighted by molar-refractivity contribution is -0.376. The molecule has 0 radical (unpaired) electrons. The maximum absolute atomic E-state index is 13.4. The first kappa shape index (κ1) is 23.2. The van der Waals surface area contributed by atoms with Gasteiger partial charge in [0.1, 0.15) is 0 Å². The van der Waals surface area contributed by atoms with Crippen LogP contribution in [0.2, 0.25) is 0 Å². The Labute approximate surface area is 187 Å². The van der Waals surface area contributed by atoms with Gasteiger partial charge in [0, 0.05) is 17.3 Å². The van der Waals surface area contributed by atoms with E-state index in [4.69, 9.17) is 0 Å². The Hall–Kier alpha value is -3.00. The maximum Gasteiger partial charge on any atom is 0.430 e. The first-order chi connectivity index (χ1) is 15.4. The van der Waals surface area contributed by atoms with Gasteiger partial charge in [0.2, 0.25) is 0 Å². The Balaban J connectivity index is 1.84. The molecule has 174 valence electrons. The summed E-state index contributed by atoms with van der Waals surface area (Å²) < 4.78 is 80.3. The highest BCUT2D eigenvalue weighted by molar-refractivity contribution is 5.64. The molecule has 1 heterocycles. The van der Waals surface area contributed by atoms with Crippen molar-refractivity contribution in [2.75, 3.05) is 4.90 Å². The van der Waals surface area contributed by atoms with Crippen LogP contribution in [0.3, 0.4) is 0 Å². The van der Waals surface area contributed by atoms with Crippen molar-refractivity contribution in [1.82, 2.24) is 0 Å². The average Bonchev–Trinajstić information content (AvgIpc) is 3.08. The van der Waals surface area contributed by atoms with E-state index in [1.54, 1.807) is 0 Å². The summed E-state index contributed by atoms with van der Waals surface area (Å²) in [5.41, 5.74) is -3.43. The lowest BCUT2D eigenvalue weighted by Crippen LogP contribution is -2.53. The molecule has 3 aromatic carbocycles. The Kier molecular flexibility index (Phi) is 5.68. The Morgan fingerprint density at radius 1 is 0.788 bits per heavy atom. The molecule has 0 spiro atoms. The van der Waals surface area contributed by atoms with Gasteiger partial charge in [-0.1, -0.05) is 72.8 Å². The highest BCUT2D eigenvalue weighted by Crippen LogP contribution is 2.51. The molecule has 1 aliphatic heterocycles. The zero-order chi connectivity index (χ0) is 24.0. The highest BCUT2D eigenvalue weighted by atomic mass is 19.4. The summed E-state index contributed by atoms with van der Waals surface area (Å²) in [6.07, 6.45) is -11.6. The van der Waals surface area contributed by atoms with E-state index in [0.29, 0.717) is 11.3 Å². The molecule has 0 aliphatic carbocycles. The van der Waals surface area contributed by atoms with Crippen LogP contribution >= 0.6 is 0 Å². The lowest BCUT2D eigenvalue weighted by Gasteiger charge is -2.36. The Morgan fingerprint density at radius 2 is 1.27 bits per heavy atom. The second-order valence-corrected chi connectivity index (χ2v) is 8.23. The van der Waals surface area contributed by atoms with Crippen LogP contribution in [0.5, 0.6) is 0 Å². The van der Waals surface area contributed by atoms with Gasteiger partial charge >= 0.3 is 12.4 Å². The first-order valence-electron chi connectivity index (χ1n) is 10.3. The summed E-state index contributed by atoms with van der Waals surface area (Å²) in [6, 6.07) is 21.3. The van der Waals surface area contributed by atoms with Crippen LogP contribution in [0.1, 0.15) is 35.2 Å². The van der Waals surface area contributed by atoms with Gasteiger partial charge in [-0.2, -0.15) is 26.3 Å². The highest BCUT2D eigenvalue weighted by Gasteiger charge is 2.71. The van der Waals surface area contributed by atoms with E-state index in [-0.39, 0.29) is 18.5 Å². The minimum absolute atomic E-state index is 0.203. The normalized spacial score (nSPS) is 16.9. The molecule has 0 saturated heterocycles. The van der Waals surface area contributed by atoms with Crippen molar-refractivity contribution in [3.05, 3.63) is 101 Å². The third kappa shape index (κ3) is 3.86. The van der Waals surface area contributed by atoms with E-state index in [1.807, 2.05) is 72.5 Å². The van der Waals surface area contributed by atoms with Gasteiger partial charge in [-0.25, -0.2) is 0 Å². The maximum atomic E-state index is 13.4. The fraction of sp³-hybridized carbons (Fsp3) is 0.280. The molecule has 1 unspecified atom stereocenters. The number of hydrogen-bond donors (Lipinski definition) is 1. The van der Waals surface area contributed by atoms with Crippen molar-refractivity contribution < 1.29 is 31.4 Å². The van der Waals surface area contributed by atoms with Gasteiger partial charge in [0.25, 0.3) is 5.60 Å². The molecule has 3 aromatic rings. The second kappa shape index (κ2) is 8.09. The van der Waals surface area contributed by atoms with Crippen molar-refractivity contribution >= 4 is 5.69 Å². The molecule has 4 rings (SSSR count). The molecule has 0 aromatic heterocycles. The predicted molar refractivity (Wildman–Crippen MR) is 113 cm³/mol.